The number of hydrogen-bond acceptors (Lipinski definition) is 6. The Morgan fingerprint density at radius 3 is 2.48 bits per heavy atom. The third-order valence-electron chi connectivity index (χ3n) is 10.4. The molecule has 2 bridgehead atoms. The lowest BCUT2D eigenvalue weighted by Crippen LogP contribution is -2.51. The highest BCUT2D eigenvalue weighted by atomic mass is 35.5. The van der Waals surface area contributed by atoms with Crippen molar-refractivity contribution in [2.24, 2.45) is 0 Å². The molecule has 2 aromatic carbocycles. The van der Waals surface area contributed by atoms with Gasteiger partial charge >= 0.3 is 0 Å². The van der Waals surface area contributed by atoms with Gasteiger partial charge in [-0.25, -0.2) is 14.4 Å². The number of aromatic hydroxyl groups is 1. The molecule has 5 heterocycles. The van der Waals surface area contributed by atoms with Gasteiger partial charge in [-0.1, -0.05) is 17.7 Å². The van der Waals surface area contributed by atoms with Crippen molar-refractivity contribution in [3.63, 3.8) is 0 Å². The molecular weight excluding hydrogens is 525 g/mol. The van der Waals surface area contributed by atoms with Gasteiger partial charge in [0.2, 0.25) is 0 Å². The van der Waals surface area contributed by atoms with E-state index in [2.05, 4.69) is 15.1 Å². The van der Waals surface area contributed by atoms with E-state index in [1.165, 1.54) is 51.6 Å². The van der Waals surface area contributed by atoms with Crippen LogP contribution in [0.1, 0.15) is 75.1 Å². The molecule has 5 fully saturated rings. The monoisotopic (exact) mass is 561 g/mol. The van der Waals surface area contributed by atoms with Gasteiger partial charge in [0, 0.05) is 53.1 Å². The lowest BCUT2D eigenvalue weighted by molar-refractivity contribution is 0.182. The van der Waals surface area contributed by atoms with Crippen LogP contribution in [0.15, 0.2) is 24.3 Å². The summed E-state index contributed by atoms with van der Waals surface area (Å²) < 4.78 is 16.7. The molecule has 4 aliphatic heterocycles. The largest absolute Gasteiger partial charge is 0.508 e. The van der Waals surface area contributed by atoms with Crippen LogP contribution < -0.4 is 10.2 Å². The van der Waals surface area contributed by atoms with Crippen molar-refractivity contribution in [3.8, 4) is 16.9 Å². The number of phenols is 1. The summed E-state index contributed by atoms with van der Waals surface area (Å²) >= 11 is 6.60. The zero-order valence-corrected chi connectivity index (χ0v) is 23.7. The van der Waals surface area contributed by atoms with E-state index in [9.17, 15) is 5.11 Å². The van der Waals surface area contributed by atoms with Gasteiger partial charge in [-0.3, -0.25) is 4.90 Å². The molecule has 2 N–H and O–H groups in total. The number of benzene rings is 2. The molecule has 210 valence electrons. The minimum Gasteiger partial charge on any atom is -0.508 e. The van der Waals surface area contributed by atoms with Gasteiger partial charge in [0.1, 0.15) is 22.9 Å². The third kappa shape index (κ3) is 4.19. The second-order valence-electron chi connectivity index (χ2n) is 12.9. The van der Waals surface area contributed by atoms with Crippen molar-refractivity contribution < 1.29 is 9.50 Å². The number of aromatic nitrogens is 2. The number of hydrogen-bond donors (Lipinski definition) is 2. The Hall–Kier alpha value is -2.48. The number of phenolic OH excluding ortho intramolecular Hbond substituents is 1. The van der Waals surface area contributed by atoms with E-state index >= 15 is 4.39 Å². The van der Waals surface area contributed by atoms with E-state index in [4.69, 9.17) is 21.6 Å². The lowest BCUT2D eigenvalue weighted by Gasteiger charge is -2.35. The van der Waals surface area contributed by atoms with Crippen LogP contribution in [-0.2, 0) is 6.42 Å². The van der Waals surface area contributed by atoms with Gasteiger partial charge in [-0.2, -0.15) is 0 Å². The highest BCUT2D eigenvalue weighted by Gasteiger charge is 2.44. The van der Waals surface area contributed by atoms with Crippen LogP contribution in [-0.4, -0.2) is 63.8 Å². The number of anilines is 1. The SMILES string of the molecule is Oc1cc(Cl)c(C2CC2)c(-c2ccc3c(N4CC5CCC(C4)N5)nc(CCC45CCCN4CCC5)nc3c2F)c1. The maximum atomic E-state index is 16.7. The van der Waals surface area contributed by atoms with E-state index < -0.39 is 0 Å². The Balaban J connectivity index is 1.24. The molecular formula is C32H37ClFN5O. The summed E-state index contributed by atoms with van der Waals surface area (Å²) in [4.78, 5) is 15.1. The number of aryl methyl sites for hydroxylation is 1. The average Bonchev–Trinajstić information content (AvgIpc) is 3.43. The summed E-state index contributed by atoms with van der Waals surface area (Å²) in [6.07, 6.45) is 11.2. The molecule has 0 radical (unpaired) electrons. The van der Waals surface area contributed by atoms with Gasteiger partial charge in [0.25, 0.3) is 0 Å². The predicted molar refractivity (Wildman–Crippen MR) is 157 cm³/mol. The fourth-order valence-electron chi connectivity index (χ4n) is 8.31. The summed E-state index contributed by atoms with van der Waals surface area (Å²) in [5, 5.41) is 15.4. The molecule has 8 heteroatoms. The first-order chi connectivity index (χ1) is 19.5. The summed E-state index contributed by atoms with van der Waals surface area (Å²) in [6.45, 7) is 4.16. The highest BCUT2D eigenvalue weighted by molar-refractivity contribution is 6.32. The molecule has 4 saturated heterocycles. The van der Waals surface area contributed by atoms with Crippen LogP contribution in [0.2, 0.25) is 5.02 Å². The van der Waals surface area contributed by atoms with E-state index in [1.54, 1.807) is 12.1 Å². The molecule has 8 rings (SSSR count). The summed E-state index contributed by atoms with van der Waals surface area (Å²) in [5.41, 5.74) is 2.73. The van der Waals surface area contributed by atoms with Crippen molar-refractivity contribution >= 4 is 28.3 Å². The molecule has 2 atom stereocenters. The van der Waals surface area contributed by atoms with Gasteiger partial charge in [0.15, 0.2) is 5.82 Å². The van der Waals surface area contributed by atoms with Crippen LogP contribution in [0.3, 0.4) is 0 Å². The third-order valence-corrected chi connectivity index (χ3v) is 10.7. The standard InChI is InChI=1S/C32H37ClFN5O/c33-26-16-22(40)15-25(28(26)19-3-4-19)23-7-8-24-30(29(23)34)36-27(9-12-32-10-1-13-39(32)14-2-11-32)37-31(24)38-17-20-5-6-21(18-38)35-20/h7-8,15-16,19-21,35,40H,1-6,9-14,17-18H2. The number of piperazine rings is 1. The van der Waals surface area contributed by atoms with E-state index in [0.29, 0.717) is 39.7 Å². The van der Waals surface area contributed by atoms with Gasteiger partial charge in [-0.05, 0) is 106 Å². The number of rotatable bonds is 6. The second-order valence-corrected chi connectivity index (χ2v) is 13.3. The highest BCUT2D eigenvalue weighted by Crippen LogP contribution is 2.50. The first-order valence-corrected chi connectivity index (χ1v) is 15.6. The Morgan fingerprint density at radius 2 is 1.75 bits per heavy atom. The first kappa shape index (κ1) is 25.2. The number of nitrogens with one attached hydrogen (secondary N) is 1. The fourth-order valence-corrected chi connectivity index (χ4v) is 8.68. The first-order valence-electron chi connectivity index (χ1n) is 15.3. The Morgan fingerprint density at radius 1 is 1.00 bits per heavy atom. The average molecular weight is 562 g/mol. The van der Waals surface area contributed by atoms with E-state index in [1.807, 2.05) is 12.1 Å². The quantitative estimate of drug-likeness (QED) is 0.375. The van der Waals surface area contributed by atoms with Crippen LogP contribution in [0, 0.1) is 5.82 Å². The minimum atomic E-state index is -0.342. The molecule has 1 aromatic heterocycles. The van der Waals surface area contributed by atoms with Crippen LogP contribution in [0.25, 0.3) is 22.0 Å². The van der Waals surface area contributed by atoms with Gasteiger partial charge in [-0.15, -0.1) is 0 Å². The Bertz CT molecular complexity index is 1470. The molecule has 6 nitrogen and oxygen atoms in total. The smallest absolute Gasteiger partial charge is 0.157 e. The molecule has 2 unspecified atom stereocenters. The molecule has 5 aliphatic rings. The summed E-state index contributed by atoms with van der Waals surface area (Å²) in [7, 11) is 0. The van der Waals surface area contributed by atoms with Crippen molar-refractivity contribution in [1.29, 1.82) is 0 Å². The van der Waals surface area contributed by atoms with Crippen molar-refractivity contribution in [2.75, 3.05) is 31.1 Å². The van der Waals surface area contributed by atoms with E-state index in [-0.39, 0.29) is 17.1 Å². The molecule has 3 aromatic rings. The summed E-state index contributed by atoms with van der Waals surface area (Å²) in [5.74, 6) is 1.64. The maximum Gasteiger partial charge on any atom is 0.157 e. The zero-order valence-electron chi connectivity index (χ0n) is 22.9. The second kappa shape index (κ2) is 9.53. The Kier molecular flexibility index (Phi) is 6.02. The molecule has 0 spiro atoms. The number of nitrogens with zero attached hydrogens (tertiary/aromatic N) is 4. The normalized spacial score (nSPS) is 25.7. The Labute approximate surface area is 239 Å². The van der Waals surface area contributed by atoms with Gasteiger partial charge < -0.3 is 15.3 Å². The van der Waals surface area contributed by atoms with Gasteiger partial charge in [0.05, 0.1) is 0 Å². The molecule has 40 heavy (non-hydrogen) atoms. The van der Waals surface area contributed by atoms with Crippen LogP contribution in [0.4, 0.5) is 10.2 Å². The predicted octanol–water partition coefficient (Wildman–Crippen LogP) is 6.17. The van der Waals surface area contributed by atoms with E-state index in [0.717, 1.165) is 61.4 Å². The fraction of sp³-hybridized carbons (Fsp3) is 0.562. The van der Waals surface area contributed by atoms with Crippen LogP contribution >= 0.6 is 11.6 Å². The van der Waals surface area contributed by atoms with Crippen molar-refractivity contribution in [3.05, 3.63) is 46.5 Å². The lowest BCUT2D eigenvalue weighted by atomic mass is 9.88. The topological polar surface area (TPSA) is 64.5 Å². The maximum absolute atomic E-state index is 16.7. The van der Waals surface area contributed by atoms with Crippen LogP contribution in [0.5, 0.6) is 5.75 Å². The molecule has 1 saturated carbocycles. The zero-order chi connectivity index (χ0) is 27.0. The molecule has 0 amide bonds. The molecule has 1 aliphatic carbocycles. The number of fused-ring (bicyclic) bond motifs is 4. The van der Waals surface area contributed by atoms with Crippen molar-refractivity contribution in [2.45, 2.75) is 87.7 Å². The minimum absolute atomic E-state index is 0.0567. The summed E-state index contributed by atoms with van der Waals surface area (Å²) in [6, 6.07) is 7.97. The van der Waals surface area contributed by atoms with Crippen molar-refractivity contribution in [1.82, 2.24) is 20.2 Å². The number of halogens is 2.